The normalized spacial score (nSPS) is 17.3. The third-order valence-electron chi connectivity index (χ3n) is 5.68. The van der Waals surface area contributed by atoms with E-state index in [9.17, 15) is 13.2 Å². The molecule has 2 N–H and O–H groups in total. The molecule has 2 aromatic rings. The van der Waals surface area contributed by atoms with Gasteiger partial charge >= 0.3 is 6.18 Å². The minimum atomic E-state index is -4.37. The summed E-state index contributed by atoms with van der Waals surface area (Å²) >= 11 is 0. The number of benzene rings is 1. The number of likely N-dealkylation sites (N-methyl/N-ethyl adjacent to an activating group) is 1. The van der Waals surface area contributed by atoms with E-state index in [0.29, 0.717) is 24.1 Å². The van der Waals surface area contributed by atoms with Gasteiger partial charge in [0, 0.05) is 19.6 Å². The standard InChI is InChI=1S/C21H30F3N7.HI/c1-4-31-10-6-9-18(31)13-26-20(27-14-19-29-28-15(2)30(19)3)25-12-16-7-5-8-17(11-16)21(22,23)24;/h5,7-8,11,18H,4,6,9-10,12-14H2,1-3H3,(H2,25,26,27);1H. The first kappa shape index (κ1) is 26.4. The topological polar surface area (TPSA) is 70.4 Å². The molecule has 11 heteroatoms. The molecule has 0 spiro atoms. The van der Waals surface area contributed by atoms with Crippen molar-refractivity contribution in [1.82, 2.24) is 30.3 Å². The molecule has 2 heterocycles. The van der Waals surface area contributed by atoms with Gasteiger partial charge in [-0.2, -0.15) is 13.2 Å². The van der Waals surface area contributed by atoms with Gasteiger partial charge in [0.2, 0.25) is 0 Å². The molecule has 1 fully saturated rings. The van der Waals surface area contributed by atoms with Crippen molar-refractivity contribution in [1.29, 1.82) is 0 Å². The smallest absolute Gasteiger partial charge is 0.355 e. The summed E-state index contributed by atoms with van der Waals surface area (Å²) in [4.78, 5) is 6.95. The van der Waals surface area contributed by atoms with Gasteiger partial charge in [-0.1, -0.05) is 19.1 Å². The molecule has 1 aliphatic heterocycles. The zero-order valence-corrected chi connectivity index (χ0v) is 20.9. The van der Waals surface area contributed by atoms with Crippen molar-refractivity contribution in [3.05, 3.63) is 47.0 Å². The number of halogens is 4. The van der Waals surface area contributed by atoms with Crippen LogP contribution in [-0.2, 0) is 26.3 Å². The number of alkyl halides is 3. The van der Waals surface area contributed by atoms with Crippen LogP contribution in [0.4, 0.5) is 13.2 Å². The zero-order chi connectivity index (χ0) is 22.4. The Hall–Kier alpha value is -1.89. The van der Waals surface area contributed by atoms with Gasteiger partial charge in [0.25, 0.3) is 0 Å². The molecule has 0 amide bonds. The molecule has 0 aliphatic carbocycles. The fourth-order valence-electron chi connectivity index (χ4n) is 3.72. The van der Waals surface area contributed by atoms with E-state index in [-0.39, 0.29) is 30.5 Å². The Kier molecular flexibility index (Phi) is 9.74. The highest BCUT2D eigenvalue weighted by Crippen LogP contribution is 2.29. The molecule has 1 aromatic carbocycles. The maximum atomic E-state index is 13.0. The Balaban J connectivity index is 0.00000363. The van der Waals surface area contributed by atoms with E-state index in [1.807, 2.05) is 18.5 Å². The molecule has 1 saturated heterocycles. The van der Waals surface area contributed by atoms with Crippen LogP contribution in [0.1, 0.15) is 42.5 Å². The second kappa shape index (κ2) is 11.8. The lowest BCUT2D eigenvalue weighted by Crippen LogP contribution is -2.44. The van der Waals surface area contributed by atoms with Gasteiger partial charge in [-0.25, -0.2) is 4.99 Å². The molecular formula is C21H31F3IN7. The number of aromatic nitrogens is 3. The molecule has 32 heavy (non-hydrogen) atoms. The van der Waals surface area contributed by atoms with Crippen molar-refractivity contribution in [2.75, 3.05) is 19.6 Å². The van der Waals surface area contributed by atoms with Crippen LogP contribution < -0.4 is 10.6 Å². The molecule has 178 valence electrons. The maximum Gasteiger partial charge on any atom is 0.416 e. The molecule has 3 rings (SSSR count). The average Bonchev–Trinajstić information content (AvgIpc) is 3.33. The lowest BCUT2D eigenvalue weighted by Gasteiger charge is -2.24. The largest absolute Gasteiger partial charge is 0.416 e. The van der Waals surface area contributed by atoms with Crippen LogP contribution in [0, 0.1) is 6.92 Å². The van der Waals surface area contributed by atoms with Gasteiger partial charge in [-0.05, 0) is 50.6 Å². The number of hydrogen-bond acceptors (Lipinski definition) is 4. The summed E-state index contributed by atoms with van der Waals surface area (Å²) in [5.74, 6) is 2.10. The van der Waals surface area contributed by atoms with Crippen LogP contribution in [0.25, 0.3) is 0 Å². The van der Waals surface area contributed by atoms with Crippen molar-refractivity contribution in [2.24, 2.45) is 12.0 Å². The monoisotopic (exact) mass is 565 g/mol. The second-order valence-electron chi connectivity index (χ2n) is 7.74. The Morgan fingerprint density at radius 2 is 2.03 bits per heavy atom. The SMILES string of the molecule is CCN1CCCC1CNC(=NCc1cccc(C(F)(F)F)c1)NCc1nnc(C)n1C.I. The number of rotatable bonds is 7. The minimum absolute atomic E-state index is 0. The van der Waals surface area contributed by atoms with E-state index < -0.39 is 11.7 Å². The van der Waals surface area contributed by atoms with Crippen LogP contribution in [0.3, 0.4) is 0 Å². The third kappa shape index (κ3) is 7.06. The van der Waals surface area contributed by atoms with E-state index in [0.717, 1.165) is 49.8 Å². The summed E-state index contributed by atoms with van der Waals surface area (Å²) in [5.41, 5.74) is -0.164. The lowest BCUT2D eigenvalue weighted by molar-refractivity contribution is -0.137. The number of nitrogens with one attached hydrogen (secondary N) is 2. The molecule has 1 aromatic heterocycles. The van der Waals surface area contributed by atoms with E-state index >= 15 is 0 Å². The Bertz CT molecular complexity index is 898. The van der Waals surface area contributed by atoms with Gasteiger partial charge in [0.1, 0.15) is 5.82 Å². The van der Waals surface area contributed by atoms with Gasteiger partial charge in [-0.3, -0.25) is 4.90 Å². The first-order valence-corrected chi connectivity index (χ1v) is 10.5. The van der Waals surface area contributed by atoms with Crippen LogP contribution in [-0.4, -0.2) is 51.3 Å². The van der Waals surface area contributed by atoms with Gasteiger partial charge in [-0.15, -0.1) is 34.2 Å². The Labute approximate surface area is 203 Å². The highest BCUT2D eigenvalue weighted by atomic mass is 127. The van der Waals surface area contributed by atoms with Crippen LogP contribution >= 0.6 is 24.0 Å². The Morgan fingerprint density at radius 1 is 1.25 bits per heavy atom. The van der Waals surface area contributed by atoms with Gasteiger partial charge in [0.05, 0.1) is 18.7 Å². The second-order valence-corrected chi connectivity index (χ2v) is 7.74. The van der Waals surface area contributed by atoms with E-state index in [1.54, 1.807) is 6.07 Å². The molecule has 1 atom stereocenters. The minimum Gasteiger partial charge on any atom is -0.355 e. The summed E-state index contributed by atoms with van der Waals surface area (Å²) < 4.78 is 40.9. The predicted molar refractivity (Wildman–Crippen MR) is 129 cm³/mol. The first-order valence-electron chi connectivity index (χ1n) is 10.5. The quantitative estimate of drug-likeness (QED) is 0.306. The summed E-state index contributed by atoms with van der Waals surface area (Å²) in [6.07, 6.45) is -2.08. The van der Waals surface area contributed by atoms with E-state index in [2.05, 4.69) is 37.6 Å². The number of aliphatic imine (C=N–C) groups is 1. The molecule has 1 unspecified atom stereocenters. The van der Waals surface area contributed by atoms with Gasteiger partial charge < -0.3 is 15.2 Å². The van der Waals surface area contributed by atoms with Crippen molar-refractivity contribution < 1.29 is 13.2 Å². The number of likely N-dealkylation sites (tertiary alicyclic amines) is 1. The molecule has 0 bridgehead atoms. The molecular weight excluding hydrogens is 534 g/mol. The summed E-state index contributed by atoms with van der Waals surface area (Å²) in [7, 11) is 1.89. The molecule has 0 radical (unpaired) electrons. The number of hydrogen-bond donors (Lipinski definition) is 2. The van der Waals surface area contributed by atoms with Crippen LogP contribution in [0.2, 0.25) is 0 Å². The summed E-state index contributed by atoms with van der Waals surface area (Å²) in [5, 5.41) is 14.8. The average molecular weight is 565 g/mol. The predicted octanol–water partition coefficient (Wildman–Crippen LogP) is 3.48. The number of guanidine groups is 1. The van der Waals surface area contributed by atoms with E-state index in [1.165, 1.54) is 12.5 Å². The maximum absolute atomic E-state index is 13.0. The number of aryl methyl sites for hydroxylation is 1. The van der Waals surface area contributed by atoms with Crippen LogP contribution in [0.5, 0.6) is 0 Å². The highest BCUT2D eigenvalue weighted by Gasteiger charge is 2.30. The van der Waals surface area contributed by atoms with Crippen molar-refractivity contribution in [2.45, 2.75) is 52.0 Å². The van der Waals surface area contributed by atoms with Crippen molar-refractivity contribution >= 4 is 29.9 Å². The molecule has 0 saturated carbocycles. The van der Waals surface area contributed by atoms with E-state index in [4.69, 9.17) is 0 Å². The molecule has 7 nitrogen and oxygen atoms in total. The lowest BCUT2D eigenvalue weighted by atomic mass is 10.1. The summed E-state index contributed by atoms with van der Waals surface area (Å²) in [6, 6.07) is 5.69. The third-order valence-corrected chi connectivity index (χ3v) is 5.68. The fourth-order valence-corrected chi connectivity index (χ4v) is 3.72. The highest BCUT2D eigenvalue weighted by molar-refractivity contribution is 14.0. The van der Waals surface area contributed by atoms with Crippen LogP contribution in [0.15, 0.2) is 29.3 Å². The number of nitrogens with zero attached hydrogens (tertiary/aromatic N) is 5. The Morgan fingerprint density at radius 3 is 2.69 bits per heavy atom. The first-order chi connectivity index (χ1) is 14.8. The summed E-state index contributed by atoms with van der Waals surface area (Å²) in [6.45, 7) is 7.37. The van der Waals surface area contributed by atoms with Crippen molar-refractivity contribution in [3.8, 4) is 0 Å². The zero-order valence-electron chi connectivity index (χ0n) is 18.6. The van der Waals surface area contributed by atoms with Crippen molar-refractivity contribution in [3.63, 3.8) is 0 Å². The molecule has 1 aliphatic rings. The fraction of sp³-hybridized carbons (Fsp3) is 0.571. The van der Waals surface area contributed by atoms with Gasteiger partial charge in [0.15, 0.2) is 11.8 Å².